The second-order valence-corrected chi connectivity index (χ2v) is 7.07. The number of urea groups is 1. The summed E-state index contributed by atoms with van der Waals surface area (Å²) in [6, 6.07) is 14.6. The minimum atomic E-state index is -0.542. The summed E-state index contributed by atoms with van der Waals surface area (Å²) in [5.41, 5.74) is 2.62. The summed E-state index contributed by atoms with van der Waals surface area (Å²) >= 11 is 5.72. The zero-order valence-electron chi connectivity index (χ0n) is 15.9. The zero-order valence-corrected chi connectivity index (χ0v) is 16.7. The third-order valence-electron chi connectivity index (χ3n) is 4.60. The molecule has 154 valence electrons. The Hall–Kier alpha value is -3.23. The number of aromatic nitrogens is 2. The lowest BCUT2D eigenvalue weighted by molar-refractivity contribution is 0.122. The number of nitrogens with zero attached hydrogens (tertiary/aromatic N) is 3. The van der Waals surface area contributed by atoms with Crippen molar-refractivity contribution in [3.63, 3.8) is 0 Å². The van der Waals surface area contributed by atoms with E-state index in [2.05, 4.69) is 25.7 Å². The molecule has 1 aliphatic heterocycles. The van der Waals surface area contributed by atoms with Crippen LogP contribution in [0.3, 0.4) is 0 Å². The van der Waals surface area contributed by atoms with Crippen molar-refractivity contribution in [1.29, 1.82) is 0 Å². The first-order chi connectivity index (χ1) is 14.6. The molecule has 1 saturated heterocycles. The van der Waals surface area contributed by atoms with Gasteiger partial charge in [0.05, 0.1) is 23.9 Å². The molecule has 0 radical (unpaired) electrons. The van der Waals surface area contributed by atoms with Gasteiger partial charge in [-0.3, -0.25) is 0 Å². The summed E-state index contributed by atoms with van der Waals surface area (Å²) < 4.78 is 18.6. The molecule has 2 aromatic carbocycles. The van der Waals surface area contributed by atoms with Gasteiger partial charge in [0.2, 0.25) is 0 Å². The number of anilines is 3. The van der Waals surface area contributed by atoms with Crippen LogP contribution in [0.4, 0.5) is 26.4 Å². The van der Waals surface area contributed by atoms with E-state index < -0.39 is 11.8 Å². The Morgan fingerprint density at radius 1 is 0.967 bits per heavy atom. The number of rotatable bonds is 4. The number of amides is 2. The van der Waals surface area contributed by atoms with Gasteiger partial charge in [0.25, 0.3) is 0 Å². The summed E-state index contributed by atoms with van der Waals surface area (Å²) in [4.78, 5) is 14.3. The predicted molar refractivity (Wildman–Crippen MR) is 115 cm³/mol. The van der Waals surface area contributed by atoms with Crippen LogP contribution >= 0.6 is 11.6 Å². The molecular formula is C21H19ClFN5O2. The third kappa shape index (κ3) is 4.84. The summed E-state index contributed by atoms with van der Waals surface area (Å²) in [7, 11) is 0. The molecule has 1 fully saturated rings. The molecule has 1 aromatic heterocycles. The Morgan fingerprint density at radius 2 is 1.67 bits per heavy atom. The van der Waals surface area contributed by atoms with E-state index in [9.17, 15) is 9.18 Å². The van der Waals surface area contributed by atoms with Crippen LogP contribution < -0.4 is 15.5 Å². The third-order valence-corrected chi connectivity index (χ3v) is 4.89. The lowest BCUT2D eigenvalue weighted by atomic mass is 10.1. The van der Waals surface area contributed by atoms with Crippen molar-refractivity contribution < 1.29 is 13.9 Å². The number of halogens is 2. The van der Waals surface area contributed by atoms with Crippen molar-refractivity contribution in [3.05, 3.63) is 65.4 Å². The molecule has 2 amide bonds. The lowest BCUT2D eigenvalue weighted by Crippen LogP contribution is -2.36. The maximum atomic E-state index is 13.2. The molecule has 0 bridgehead atoms. The fourth-order valence-corrected chi connectivity index (χ4v) is 3.21. The first kappa shape index (κ1) is 20.1. The van der Waals surface area contributed by atoms with E-state index >= 15 is 0 Å². The van der Waals surface area contributed by atoms with E-state index in [1.165, 1.54) is 18.2 Å². The minimum absolute atomic E-state index is 0.0575. The van der Waals surface area contributed by atoms with E-state index in [0.29, 0.717) is 24.6 Å². The van der Waals surface area contributed by atoms with Gasteiger partial charge in [-0.1, -0.05) is 23.7 Å². The molecule has 3 aromatic rings. The molecule has 0 unspecified atom stereocenters. The van der Waals surface area contributed by atoms with E-state index in [4.69, 9.17) is 16.3 Å². The fraction of sp³-hybridized carbons (Fsp3) is 0.190. The average molecular weight is 428 g/mol. The highest BCUT2D eigenvalue weighted by Gasteiger charge is 2.13. The van der Waals surface area contributed by atoms with Gasteiger partial charge < -0.3 is 20.3 Å². The number of ether oxygens (including phenoxy) is 1. The Labute approximate surface area is 177 Å². The van der Waals surface area contributed by atoms with E-state index in [-0.39, 0.29) is 5.02 Å². The predicted octanol–water partition coefficient (Wildman–Crippen LogP) is 4.42. The van der Waals surface area contributed by atoms with Crippen molar-refractivity contribution in [3.8, 4) is 11.3 Å². The number of hydrogen-bond acceptors (Lipinski definition) is 5. The monoisotopic (exact) mass is 427 g/mol. The number of carbonyl (C=O) groups excluding carboxylic acids is 1. The van der Waals surface area contributed by atoms with Gasteiger partial charge >= 0.3 is 6.03 Å². The van der Waals surface area contributed by atoms with Crippen LogP contribution in [0.5, 0.6) is 0 Å². The largest absolute Gasteiger partial charge is 0.378 e. The van der Waals surface area contributed by atoms with Crippen molar-refractivity contribution in [2.45, 2.75) is 0 Å². The van der Waals surface area contributed by atoms with Gasteiger partial charge in [-0.2, -0.15) is 0 Å². The highest BCUT2D eigenvalue weighted by atomic mass is 35.5. The summed E-state index contributed by atoms with van der Waals surface area (Å²) in [5.74, 6) is 0.289. The van der Waals surface area contributed by atoms with Crippen LogP contribution in [0, 0.1) is 5.82 Å². The normalized spacial score (nSPS) is 13.7. The Balaban J connectivity index is 1.37. The lowest BCUT2D eigenvalue weighted by Gasteiger charge is -2.27. The Kier molecular flexibility index (Phi) is 6.06. The minimum Gasteiger partial charge on any atom is -0.378 e. The molecular weight excluding hydrogens is 409 g/mol. The molecule has 0 atom stereocenters. The molecule has 1 aliphatic rings. The highest BCUT2D eigenvalue weighted by molar-refractivity contribution is 6.31. The second kappa shape index (κ2) is 9.06. The summed E-state index contributed by atoms with van der Waals surface area (Å²) in [5, 5.41) is 13.9. The Morgan fingerprint density at radius 3 is 2.33 bits per heavy atom. The van der Waals surface area contributed by atoms with Crippen LogP contribution in [-0.4, -0.2) is 42.5 Å². The summed E-state index contributed by atoms with van der Waals surface area (Å²) in [6.45, 7) is 3.00. The van der Waals surface area contributed by atoms with E-state index in [0.717, 1.165) is 30.2 Å². The number of benzene rings is 2. The van der Waals surface area contributed by atoms with E-state index in [1.54, 1.807) is 12.1 Å². The molecule has 0 saturated carbocycles. The molecule has 2 heterocycles. The van der Waals surface area contributed by atoms with Crippen LogP contribution in [0.25, 0.3) is 11.3 Å². The van der Waals surface area contributed by atoms with E-state index in [1.807, 2.05) is 24.3 Å². The molecule has 30 heavy (non-hydrogen) atoms. The van der Waals surface area contributed by atoms with Gasteiger partial charge in [0, 0.05) is 30.0 Å². The molecule has 0 spiro atoms. The quantitative estimate of drug-likeness (QED) is 0.644. The second-order valence-electron chi connectivity index (χ2n) is 6.66. The number of nitrogens with one attached hydrogen (secondary N) is 2. The van der Waals surface area contributed by atoms with Crippen LogP contribution in [0.1, 0.15) is 0 Å². The first-order valence-corrected chi connectivity index (χ1v) is 9.76. The van der Waals surface area contributed by atoms with Gasteiger partial charge in [0.1, 0.15) is 5.82 Å². The van der Waals surface area contributed by atoms with Crippen LogP contribution in [0.2, 0.25) is 5.02 Å². The fourth-order valence-electron chi connectivity index (χ4n) is 3.03. The van der Waals surface area contributed by atoms with Crippen molar-refractivity contribution in [1.82, 2.24) is 10.2 Å². The molecule has 4 rings (SSSR count). The number of carbonyl (C=O) groups is 1. The average Bonchev–Trinajstić information content (AvgIpc) is 2.77. The molecule has 0 aliphatic carbocycles. The first-order valence-electron chi connectivity index (χ1n) is 9.38. The SMILES string of the molecule is O=C(Nc1ccc(-c2ccc(N3CCOCC3)nn2)cc1)Nc1ccc(F)c(Cl)c1. The van der Waals surface area contributed by atoms with Crippen LogP contribution in [0.15, 0.2) is 54.6 Å². The number of morpholine rings is 1. The molecule has 9 heteroatoms. The maximum absolute atomic E-state index is 13.2. The van der Waals surface area contributed by atoms with Gasteiger partial charge in [0.15, 0.2) is 5.82 Å². The number of hydrogen-bond donors (Lipinski definition) is 2. The van der Waals surface area contributed by atoms with Crippen LogP contribution in [-0.2, 0) is 4.74 Å². The zero-order chi connectivity index (χ0) is 20.9. The standard InChI is InChI=1S/C21H19ClFN5O2/c22-17-13-16(5-6-18(17)23)25-21(29)24-15-3-1-14(2-4-15)19-7-8-20(27-26-19)28-9-11-30-12-10-28/h1-8,13H,9-12H2,(H2,24,25,29). The summed E-state index contributed by atoms with van der Waals surface area (Å²) in [6.07, 6.45) is 0. The topological polar surface area (TPSA) is 79.4 Å². The smallest absolute Gasteiger partial charge is 0.323 e. The molecule has 7 nitrogen and oxygen atoms in total. The molecule has 2 N–H and O–H groups in total. The van der Waals surface area contributed by atoms with Gasteiger partial charge in [-0.05, 0) is 42.5 Å². The van der Waals surface area contributed by atoms with Gasteiger partial charge in [-0.15, -0.1) is 10.2 Å². The van der Waals surface area contributed by atoms with Crippen molar-refractivity contribution in [2.24, 2.45) is 0 Å². The maximum Gasteiger partial charge on any atom is 0.323 e. The Bertz CT molecular complexity index is 1020. The highest BCUT2D eigenvalue weighted by Crippen LogP contribution is 2.22. The van der Waals surface area contributed by atoms with Gasteiger partial charge in [-0.25, -0.2) is 9.18 Å². The van der Waals surface area contributed by atoms with Crippen molar-refractivity contribution >= 4 is 34.8 Å². The van der Waals surface area contributed by atoms with Crippen molar-refractivity contribution in [2.75, 3.05) is 41.8 Å².